The van der Waals surface area contributed by atoms with Crippen molar-refractivity contribution in [1.29, 1.82) is 5.26 Å². The van der Waals surface area contributed by atoms with Gasteiger partial charge in [-0.05, 0) is 89.0 Å². The van der Waals surface area contributed by atoms with Crippen LogP contribution in [0.15, 0.2) is 107 Å². The first-order valence-corrected chi connectivity index (χ1v) is 14.9. The molecule has 0 spiro atoms. The number of methoxy groups -OCH3 is 1. The van der Waals surface area contributed by atoms with Gasteiger partial charge in [-0.2, -0.15) is 5.26 Å². The lowest BCUT2D eigenvalue weighted by atomic mass is 10.0. The van der Waals surface area contributed by atoms with Crippen molar-refractivity contribution in [1.82, 2.24) is 0 Å². The maximum atomic E-state index is 12.9. The first kappa shape index (κ1) is 30.7. The molecule has 0 aromatic heterocycles. The van der Waals surface area contributed by atoms with E-state index in [0.29, 0.717) is 46.7 Å². The molecule has 0 fully saturated rings. The number of rotatable bonds is 10. The van der Waals surface area contributed by atoms with E-state index in [2.05, 4.69) is 45.5 Å². The highest BCUT2D eigenvalue weighted by molar-refractivity contribution is 9.10. The van der Waals surface area contributed by atoms with E-state index in [1.165, 1.54) is 13.2 Å². The standard InChI is InChI=1S/C36H28BrClN2O4/c1-23-7-10-26-5-3-4-6-31(26)32(23)22-44-35-33(38)18-25(19-34(35)42-2)17-27(20-39)36(41)40-29-13-15-30(16-14-29)43-21-24-8-11-28(37)12-9-24/h3-19H,21-22H2,1-2H3,(H,40,41)/b27-17+. The first-order chi connectivity index (χ1) is 21.3. The second-order valence-corrected chi connectivity index (χ2v) is 11.3. The third-order valence-corrected chi connectivity index (χ3v) is 7.80. The van der Waals surface area contributed by atoms with Crippen LogP contribution in [0, 0.1) is 18.3 Å². The quantitative estimate of drug-likeness (QED) is 0.119. The molecule has 5 aromatic carbocycles. The number of benzene rings is 5. The molecule has 44 heavy (non-hydrogen) atoms. The van der Waals surface area contributed by atoms with E-state index in [9.17, 15) is 10.1 Å². The minimum Gasteiger partial charge on any atom is -0.493 e. The molecular formula is C36H28BrClN2O4. The number of ether oxygens (including phenoxy) is 3. The Morgan fingerprint density at radius 1 is 0.955 bits per heavy atom. The number of nitriles is 1. The van der Waals surface area contributed by atoms with Crippen LogP contribution in [0.2, 0.25) is 5.02 Å². The SMILES string of the molecule is COc1cc(/C=C(\C#N)C(=O)Nc2ccc(OCc3ccc(Br)cc3)cc2)cc(Cl)c1OCc1c(C)ccc2ccccc12. The van der Waals surface area contributed by atoms with E-state index in [4.69, 9.17) is 25.8 Å². The smallest absolute Gasteiger partial charge is 0.266 e. The van der Waals surface area contributed by atoms with Crippen molar-refractivity contribution in [2.45, 2.75) is 20.1 Å². The van der Waals surface area contributed by atoms with E-state index in [-0.39, 0.29) is 5.57 Å². The number of carbonyl (C=O) groups excluding carboxylic acids is 1. The third-order valence-electron chi connectivity index (χ3n) is 6.99. The van der Waals surface area contributed by atoms with E-state index >= 15 is 0 Å². The Morgan fingerprint density at radius 3 is 2.43 bits per heavy atom. The predicted octanol–water partition coefficient (Wildman–Crippen LogP) is 9.28. The zero-order chi connectivity index (χ0) is 31.1. The van der Waals surface area contributed by atoms with Crippen molar-refractivity contribution in [3.05, 3.63) is 134 Å². The molecule has 0 bridgehead atoms. The number of hydrogen-bond donors (Lipinski definition) is 1. The molecule has 0 heterocycles. The zero-order valence-corrected chi connectivity index (χ0v) is 26.4. The van der Waals surface area contributed by atoms with E-state index < -0.39 is 5.91 Å². The van der Waals surface area contributed by atoms with Gasteiger partial charge >= 0.3 is 0 Å². The molecule has 8 heteroatoms. The summed E-state index contributed by atoms with van der Waals surface area (Å²) in [5, 5.41) is 15.0. The second-order valence-electron chi connectivity index (χ2n) is 9.97. The highest BCUT2D eigenvalue weighted by Crippen LogP contribution is 2.38. The number of halogens is 2. The van der Waals surface area contributed by atoms with Crippen LogP contribution in [-0.2, 0) is 18.0 Å². The van der Waals surface area contributed by atoms with Crippen LogP contribution in [0.3, 0.4) is 0 Å². The maximum Gasteiger partial charge on any atom is 0.266 e. The zero-order valence-electron chi connectivity index (χ0n) is 24.1. The average Bonchev–Trinajstić information content (AvgIpc) is 3.04. The number of aryl methyl sites for hydroxylation is 1. The number of nitrogens with zero attached hydrogens (tertiary/aromatic N) is 1. The lowest BCUT2D eigenvalue weighted by Gasteiger charge is -2.16. The Morgan fingerprint density at radius 2 is 1.70 bits per heavy atom. The fraction of sp³-hybridized carbons (Fsp3) is 0.111. The number of hydrogen-bond acceptors (Lipinski definition) is 5. The molecule has 0 aliphatic carbocycles. The maximum absolute atomic E-state index is 12.9. The fourth-order valence-corrected chi connectivity index (χ4v) is 5.18. The van der Waals surface area contributed by atoms with Gasteiger partial charge in [-0.1, -0.05) is 76.1 Å². The Labute approximate surface area is 269 Å². The predicted molar refractivity (Wildman–Crippen MR) is 178 cm³/mol. The summed E-state index contributed by atoms with van der Waals surface area (Å²) in [5.74, 6) is 0.863. The third kappa shape index (κ3) is 7.41. The molecule has 0 saturated carbocycles. The summed E-state index contributed by atoms with van der Waals surface area (Å²) in [6, 6.07) is 32.4. The summed E-state index contributed by atoms with van der Waals surface area (Å²) in [5.41, 5.74) is 4.13. The van der Waals surface area contributed by atoms with Gasteiger partial charge in [0.1, 0.15) is 30.6 Å². The molecule has 0 saturated heterocycles. The van der Waals surface area contributed by atoms with Crippen LogP contribution in [0.25, 0.3) is 16.8 Å². The van der Waals surface area contributed by atoms with Crippen LogP contribution in [-0.4, -0.2) is 13.0 Å². The topological polar surface area (TPSA) is 80.6 Å². The average molecular weight is 668 g/mol. The molecule has 0 radical (unpaired) electrons. The lowest BCUT2D eigenvalue weighted by molar-refractivity contribution is -0.112. The number of fused-ring (bicyclic) bond motifs is 1. The van der Waals surface area contributed by atoms with Gasteiger partial charge in [0, 0.05) is 15.7 Å². The minimum absolute atomic E-state index is 0.0984. The Kier molecular flexibility index (Phi) is 9.86. The Balaban J connectivity index is 1.27. The summed E-state index contributed by atoms with van der Waals surface area (Å²) < 4.78 is 18.6. The van der Waals surface area contributed by atoms with Gasteiger partial charge in [-0.25, -0.2) is 0 Å². The van der Waals surface area contributed by atoms with E-state index in [1.54, 1.807) is 36.4 Å². The Hall–Kier alpha value is -4.77. The van der Waals surface area contributed by atoms with Gasteiger partial charge in [0.25, 0.3) is 5.91 Å². The molecule has 5 aromatic rings. The monoisotopic (exact) mass is 666 g/mol. The van der Waals surface area contributed by atoms with Crippen LogP contribution in [0.1, 0.15) is 22.3 Å². The molecule has 0 aliphatic heterocycles. The second kappa shape index (κ2) is 14.1. The van der Waals surface area contributed by atoms with Crippen LogP contribution in [0.5, 0.6) is 17.2 Å². The van der Waals surface area contributed by atoms with Crippen molar-refractivity contribution in [3.8, 4) is 23.3 Å². The van der Waals surface area contributed by atoms with Crippen LogP contribution < -0.4 is 19.5 Å². The number of amides is 1. The molecule has 0 atom stereocenters. The minimum atomic E-state index is -0.558. The summed E-state index contributed by atoms with van der Waals surface area (Å²) in [4.78, 5) is 12.9. The highest BCUT2D eigenvalue weighted by atomic mass is 79.9. The summed E-state index contributed by atoms with van der Waals surface area (Å²) in [6.07, 6.45) is 1.46. The molecule has 5 rings (SSSR count). The van der Waals surface area contributed by atoms with Crippen molar-refractivity contribution in [3.63, 3.8) is 0 Å². The van der Waals surface area contributed by atoms with Gasteiger partial charge < -0.3 is 19.5 Å². The van der Waals surface area contributed by atoms with Crippen molar-refractivity contribution in [2.75, 3.05) is 12.4 Å². The van der Waals surface area contributed by atoms with Gasteiger partial charge in [-0.3, -0.25) is 4.79 Å². The molecule has 1 amide bonds. The van der Waals surface area contributed by atoms with Crippen molar-refractivity contribution in [2.24, 2.45) is 0 Å². The lowest BCUT2D eigenvalue weighted by Crippen LogP contribution is -2.13. The molecule has 220 valence electrons. The molecule has 1 N–H and O–H groups in total. The van der Waals surface area contributed by atoms with Gasteiger partial charge in [-0.15, -0.1) is 0 Å². The van der Waals surface area contributed by atoms with E-state index in [1.807, 2.05) is 49.4 Å². The largest absolute Gasteiger partial charge is 0.493 e. The molecule has 0 unspecified atom stereocenters. The molecule has 0 aliphatic rings. The fourth-order valence-electron chi connectivity index (χ4n) is 4.64. The van der Waals surface area contributed by atoms with Gasteiger partial charge in [0.05, 0.1) is 12.1 Å². The number of carbonyl (C=O) groups is 1. The van der Waals surface area contributed by atoms with E-state index in [0.717, 1.165) is 31.9 Å². The van der Waals surface area contributed by atoms with Gasteiger partial charge in [0.15, 0.2) is 11.5 Å². The summed E-state index contributed by atoms with van der Waals surface area (Å²) in [6.45, 7) is 2.75. The van der Waals surface area contributed by atoms with Gasteiger partial charge in [0.2, 0.25) is 0 Å². The molecule has 6 nitrogen and oxygen atoms in total. The van der Waals surface area contributed by atoms with Crippen molar-refractivity contribution < 1.29 is 19.0 Å². The normalized spacial score (nSPS) is 11.1. The highest BCUT2D eigenvalue weighted by Gasteiger charge is 2.16. The Bertz CT molecular complexity index is 1880. The van der Waals surface area contributed by atoms with Crippen LogP contribution in [0.4, 0.5) is 5.69 Å². The number of anilines is 1. The summed E-state index contributed by atoms with van der Waals surface area (Å²) >= 11 is 10.0. The van der Waals surface area contributed by atoms with Crippen molar-refractivity contribution >= 4 is 56.0 Å². The first-order valence-electron chi connectivity index (χ1n) is 13.7. The summed E-state index contributed by atoms with van der Waals surface area (Å²) in [7, 11) is 1.51. The van der Waals surface area contributed by atoms with Crippen LogP contribution >= 0.6 is 27.5 Å². The number of nitrogens with one attached hydrogen (secondary N) is 1. The molecular weight excluding hydrogens is 640 g/mol.